The second-order valence-corrected chi connectivity index (χ2v) is 6.45. The molecule has 0 aromatic carbocycles. The van der Waals surface area contributed by atoms with Crippen molar-refractivity contribution in [2.24, 2.45) is 5.92 Å². The Morgan fingerprint density at radius 1 is 1.25 bits per heavy atom. The average Bonchev–Trinajstić information content (AvgIpc) is 3.20. The maximum absolute atomic E-state index is 12.5. The number of Topliss-reactive ketones (excluding diaryl/α,β-unsaturated/α-hetero) is 1. The number of hydrogen-bond donors (Lipinski definition) is 2. The first-order chi connectivity index (χ1) is 11.5. The number of hydrogen-bond acceptors (Lipinski definition) is 4. The van der Waals surface area contributed by atoms with Gasteiger partial charge in [-0.3, -0.25) is 9.59 Å². The first-order valence-electron chi connectivity index (χ1n) is 8.40. The molecule has 132 valence electrons. The number of carboxylic acid groups (broad SMARTS) is 1. The quantitative estimate of drug-likeness (QED) is 0.348. The van der Waals surface area contributed by atoms with Gasteiger partial charge >= 0.3 is 12.2 Å². The zero-order chi connectivity index (χ0) is 17.5. The van der Waals surface area contributed by atoms with Gasteiger partial charge in [0.25, 0.3) is 0 Å². The Balaban J connectivity index is 1.94. The monoisotopic (exact) mass is 337 g/mol. The Morgan fingerprint density at radius 3 is 2.46 bits per heavy atom. The van der Waals surface area contributed by atoms with Crippen molar-refractivity contribution in [3.05, 3.63) is 5.53 Å². The van der Waals surface area contributed by atoms with Crippen molar-refractivity contribution in [2.45, 2.75) is 69.6 Å². The molecule has 0 saturated heterocycles. The SMILES string of the molecule is [N-]=[N+]=CC(=O)CC[C@H](NC(=O)[C@@H](OC1CC1)C1CCCC1)C(=O)O. The lowest BCUT2D eigenvalue weighted by Crippen LogP contribution is -2.48. The third-order valence-electron chi connectivity index (χ3n) is 4.45. The Hall–Kier alpha value is -2.05. The number of carboxylic acids is 1. The van der Waals surface area contributed by atoms with Gasteiger partial charge in [0.2, 0.25) is 11.7 Å². The predicted octanol–water partition coefficient (Wildman–Crippen LogP) is 0.943. The topological polar surface area (TPSA) is 129 Å². The zero-order valence-corrected chi connectivity index (χ0v) is 13.5. The van der Waals surface area contributed by atoms with E-state index < -0.39 is 29.8 Å². The second kappa shape index (κ2) is 8.70. The van der Waals surface area contributed by atoms with Crippen LogP contribution in [0.1, 0.15) is 51.4 Å². The normalized spacial score (nSPS) is 20.0. The Bertz CT molecular complexity index is 534. The van der Waals surface area contributed by atoms with Crippen molar-refractivity contribution in [1.82, 2.24) is 5.32 Å². The molecule has 0 radical (unpaired) electrons. The van der Waals surface area contributed by atoms with Gasteiger partial charge in [0.05, 0.1) is 6.10 Å². The molecular weight excluding hydrogens is 314 g/mol. The van der Waals surface area contributed by atoms with Gasteiger partial charge in [-0.05, 0) is 38.0 Å². The molecule has 2 aliphatic rings. The van der Waals surface area contributed by atoms with Crippen molar-refractivity contribution < 1.29 is 29.0 Å². The fourth-order valence-corrected chi connectivity index (χ4v) is 2.99. The number of ether oxygens (including phenoxy) is 1. The van der Waals surface area contributed by atoms with Gasteiger partial charge in [0.1, 0.15) is 12.1 Å². The van der Waals surface area contributed by atoms with Gasteiger partial charge in [0, 0.05) is 6.42 Å². The summed E-state index contributed by atoms with van der Waals surface area (Å²) in [7, 11) is 0. The number of amides is 1. The molecule has 1 amide bonds. The number of carbonyl (C=O) groups excluding carboxylic acids is 2. The number of rotatable bonds is 10. The highest BCUT2D eigenvalue weighted by Crippen LogP contribution is 2.34. The molecule has 0 aromatic rings. The zero-order valence-electron chi connectivity index (χ0n) is 13.5. The van der Waals surface area contributed by atoms with Gasteiger partial charge in [-0.2, -0.15) is 4.79 Å². The minimum Gasteiger partial charge on any atom is -0.480 e. The van der Waals surface area contributed by atoms with E-state index in [4.69, 9.17) is 10.3 Å². The molecule has 0 aliphatic heterocycles. The van der Waals surface area contributed by atoms with Crippen molar-refractivity contribution in [1.29, 1.82) is 0 Å². The molecule has 0 spiro atoms. The van der Waals surface area contributed by atoms with Gasteiger partial charge in [-0.15, -0.1) is 0 Å². The molecular formula is C16H23N3O5. The third kappa shape index (κ3) is 5.54. The second-order valence-electron chi connectivity index (χ2n) is 6.45. The first-order valence-corrected chi connectivity index (χ1v) is 8.40. The highest BCUT2D eigenvalue weighted by Gasteiger charge is 2.37. The number of carbonyl (C=O) groups is 3. The Labute approximate surface area is 140 Å². The molecule has 2 N–H and O–H groups in total. The smallest absolute Gasteiger partial charge is 0.326 e. The van der Waals surface area contributed by atoms with Crippen LogP contribution in [0.3, 0.4) is 0 Å². The van der Waals surface area contributed by atoms with Crippen LogP contribution >= 0.6 is 0 Å². The summed E-state index contributed by atoms with van der Waals surface area (Å²) in [6, 6.07) is -1.17. The van der Waals surface area contributed by atoms with E-state index in [1.54, 1.807) is 0 Å². The molecule has 2 saturated carbocycles. The van der Waals surface area contributed by atoms with E-state index >= 15 is 0 Å². The van der Waals surface area contributed by atoms with E-state index in [9.17, 15) is 19.5 Å². The fourth-order valence-electron chi connectivity index (χ4n) is 2.99. The lowest BCUT2D eigenvalue weighted by Gasteiger charge is -2.25. The van der Waals surface area contributed by atoms with Crippen LogP contribution in [0.15, 0.2) is 0 Å². The lowest BCUT2D eigenvalue weighted by molar-refractivity contribution is -0.146. The highest BCUT2D eigenvalue weighted by molar-refractivity contribution is 6.25. The standard InChI is InChI=1S/C16H23N3O5/c17-18-9-11(20)5-8-13(16(22)23)19-15(21)14(24-12-6-7-12)10-3-1-2-4-10/h9-10,12-14H,1-8H2,(H,19,21)(H,22,23)/t13-,14-/m0/s1. The molecule has 24 heavy (non-hydrogen) atoms. The van der Waals surface area contributed by atoms with Gasteiger partial charge in [-0.1, -0.05) is 12.8 Å². The van der Waals surface area contributed by atoms with Crippen molar-refractivity contribution >= 4 is 23.9 Å². The van der Waals surface area contributed by atoms with E-state index in [-0.39, 0.29) is 24.9 Å². The molecule has 2 fully saturated rings. The summed E-state index contributed by atoms with van der Waals surface area (Å²) in [4.78, 5) is 37.8. The highest BCUT2D eigenvalue weighted by atomic mass is 16.5. The van der Waals surface area contributed by atoms with Crippen LogP contribution in [0.2, 0.25) is 0 Å². The van der Waals surface area contributed by atoms with Gasteiger partial charge < -0.3 is 20.7 Å². The molecule has 2 atom stereocenters. The van der Waals surface area contributed by atoms with Crippen LogP contribution in [-0.2, 0) is 19.1 Å². The number of aliphatic carboxylic acids is 1. The maximum atomic E-state index is 12.5. The van der Waals surface area contributed by atoms with E-state index in [0.29, 0.717) is 0 Å². The number of nitrogens with zero attached hydrogens (tertiary/aromatic N) is 2. The summed E-state index contributed by atoms with van der Waals surface area (Å²) in [5.41, 5.74) is 8.29. The number of nitrogens with one attached hydrogen (secondary N) is 1. The Kier molecular flexibility index (Phi) is 6.63. The minimum absolute atomic E-state index is 0.0628. The van der Waals surface area contributed by atoms with E-state index in [1.165, 1.54) is 0 Å². The van der Waals surface area contributed by atoms with E-state index in [2.05, 4.69) is 10.1 Å². The number of ketones is 1. The average molecular weight is 337 g/mol. The molecule has 0 aromatic heterocycles. The molecule has 0 bridgehead atoms. The summed E-state index contributed by atoms with van der Waals surface area (Å²) in [6.45, 7) is 0. The van der Waals surface area contributed by atoms with Crippen LogP contribution in [0.5, 0.6) is 0 Å². The lowest BCUT2D eigenvalue weighted by atomic mass is 9.99. The van der Waals surface area contributed by atoms with Crippen molar-refractivity contribution in [3.8, 4) is 0 Å². The van der Waals surface area contributed by atoms with Crippen molar-refractivity contribution in [3.63, 3.8) is 0 Å². The fraction of sp³-hybridized carbons (Fsp3) is 0.750. The van der Waals surface area contributed by atoms with Crippen LogP contribution in [0.25, 0.3) is 5.53 Å². The predicted molar refractivity (Wildman–Crippen MR) is 83.3 cm³/mol. The maximum Gasteiger partial charge on any atom is 0.326 e. The Morgan fingerprint density at radius 2 is 1.92 bits per heavy atom. The van der Waals surface area contributed by atoms with Gasteiger partial charge in [0.15, 0.2) is 0 Å². The summed E-state index contributed by atoms with van der Waals surface area (Å²) in [6.07, 6.45) is 5.83. The largest absolute Gasteiger partial charge is 0.480 e. The van der Waals surface area contributed by atoms with Crippen LogP contribution in [0.4, 0.5) is 0 Å². The molecule has 8 nitrogen and oxygen atoms in total. The van der Waals surface area contributed by atoms with Crippen LogP contribution < -0.4 is 5.32 Å². The third-order valence-corrected chi connectivity index (χ3v) is 4.45. The van der Waals surface area contributed by atoms with Crippen molar-refractivity contribution in [2.75, 3.05) is 0 Å². The summed E-state index contributed by atoms with van der Waals surface area (Å²) < 4.78 is 5.83. The minimum atomic E-state index is -1.20. The molecule has 2 rings (SSSR count). The molecule has 2 aliphatic carbocycles. The molecule has 0 unspecified atom stereocenters. The first kappa shape index (κ1) is 18.3. The summed E-state index contributed by atoms with van der Waals surface area (Å²) in [5.74, 6) is -1.99. The summed E-state index contributed by atoms with van der Waals surface area (Å²) >= 11 is 0. The van der Waals surface area contributed by atoms with Gasteiger partial charge in [-0.25, -0.2) is 4.79 Å². The van der Waals surface area contributed by atoms with Crippen LogP contribution in [0, 0.1) is 5.92 Å². The molecule has 8 heteroatoms. The summed E-state index contributed by atoms with van der Waals surface area (Å²) in [5, 5.41) is 11.8. The van der Waals surface area contributed by atoms with E-state index in [0.717, 1.165) is 44.7 Å². The van der Waals surface area contributed by atoms with Crippen LogP contribution in [-0.4, -0.2) is 52.0 Å². The van der Waals surface area contributed by atoms with E-state index in [1.807, 2.05) is 0 Å². The molecule has 0 heterocycles.